The first-order valence-electron chi connectivity index (χ1n) is 3.41. The number of nitrogens with zero attached hydrogens (tertiary/aromatic N) is 1. The van der Waals surface area contributed by atoms with Gasteiger partial charge in [0.25, 0.3) is 0 Å². The number of allylic oxidation sites excluding steroid dienone is 2. The van der Waals surface area contributed by atoms with Crippen LogP contribution in [0.2, 0.25) is 0 Å². The lowest BCUT2D eigenvalue weighted by Gasteiger charge is -1.86. The second kappa shape index (κ2) is 4.91. The summed E-state index contributed by atoms with van der Waals surface area (Å²) in [6.07, 6.45) is 4.26. The van der Waals surface area contributed by atoms with E-state index in [1.165, 1.54) is 5.57 Å². The number of nitrogens with one attached hydrogen (secondary N) is 1. The Morgan fingerprint density at radius 2 is 2.10 bits per heavy atom. The van der Waals surface area contributed by atoms with Crippen molar-refractivity contribution < 1.29 is 0 Å². The minimum Gasteiger partial charge on any atom is -0.287 e. The van der Waals surface area contributed by atoms with Crippen molar-refractivity contribution >= 4 is 12.1 Å². The van der Waals surface area contributed by atoms with Gasteiger partial charge in [-0.1, -0.05) is 12.5 Å². The SMILES string of the molecule is CCC(=N)N=CC=C(C)C. The fourth-order valence-electron chi connectivity index (χ4n) is 0.368. The van der Waals surface area contributed by atoms with Crippen LogP contribution in [0.5, 0.6) is 0 Å². The lowest BCUT2D eigenvalue weighted by molar-refractivity contribution is 1.21. The Bertz CT molecular complexity index is 162. The van der Waals surface area contributed by atoms with E-state index >= 15 is 0 Å². The number of rotatable bonds is 2. The highest BCUT2D eigenvalue weighted by Gasteiger charge is 1.81. The van der Waals surface area contributed by atoms with E-state index in [1.54, 1.807) is 6.21 Å². The van der Waals surface area contributed by atoms with Crippen LogP contribution >= 0.6 is 0 Å². The molecule has 2 nitrogen and oxygen atoms in total. The maximum Gasteiger partial charge on any atom is 0.120 e. The molecule has 0 heterocycles. The van der Waals surface area contributed by atoms with E-state index in [0.29, 0.717) is 12.3 Å². The predicted molar refractivity (Wildman–Crippen MR) is 45.9 cm³/mol. The average Bonchev–Trinajstić information content (AvgIpc) is 1.87. The summed E-state index contributed by atoms with van der Waals surface area (Å²) in [5, 5.41) is 7.15. The third kappa shape index (κ3) is 5.22. The summed E-state index contributed by atoms with van der Waals surface area (Å²) in [6, 6.07) is 0. The summed E-state index contributed by atoms with van der Waals surface area (Å²) in [6.45, 7) is 5.92. The standard InChI is InChI=1S/C8H14N2/c1-4-8(9)10-6-5-7(2)3/h5-6,9H,4H2,1-3H3. The molecule has 0 unspecified atom stereocenters. The van der Waals surface area contributed by atoms with Crippen LogP contribution in [0.4, 0.5) is 0 Å². The molecule has 0 amide bonds. The molecule has 0 aliphatic rings. The Morgan fingerprint density at radius 1 is 1.50 bits per heavy atom. The summed E-state index contributed by atoms with van der Waals surface area (Å²) in [5.41, 5.74) is 1.20. The zero-order valence-corrected chi connectivity index (χ0v) is 6.81. The minimum atomic E-state index is 0.428. The first-order chi connectivity index (χ1) is 4.66. The Balaban J connectivity index is 3.77. The van der Waals surface area contributed by atoms with Crippen molar-refractivity contribution in [3.63, 3.8) is 0 Å². The molecule has 2 heteroatoms. The van der Waals surface area contributed by atoms with Gasteiger partial charge in [0.05, 0.1) is 0 Å². The molecule has 0 bridgehead atoms. The van der Waals surface area contributed by atoms with Crippen LogP contribution in [0.1, 0.15) is 27.2 Å². The van der Waals surface area contributed by atoms with E-state index in [1.807, 2.05) is 26.8 Å². The van der Waals surface area contributed by atoms with Gasteiger partial charge in [-0.05, 0) is 19.9 Å². The minimum absolute atomic E-state index is 0.428. The number of hydrogen-bond acceptors (Lipinski definition) is 1. The van der Waals surface area contributed by atoms with Crippen molar-refractivity contribution in [1.29, 1.82) is 5.41 Å². The quantitative estimate of drug-likeness (QED) is 0.449. The Hall–Kier alpha value is -0.920. The van der Waals surface area contributed by atoms with Crippen molar-refractivity contribution in [3.05, 3.63) is 11.6 Å². The summed E-state index contributed by atoms with van der Waals surface area (Å²) in [5.74, 6) is 0.428. The summed E-state index contributed by atoms with van der Waals surface area (Å²) >= 11 is 0. The first-order valence-corrected chi connectivity index (χ1v) is 3.41. The van der Waals surface area contributed by atoms with Crippen molar-refractivity contribution in [2.75, 3.05) is 0 Å². The fourth-order valence-corrected chi connectivity index (χ4v) is 0.368. The smallest absolute Gasteiger partial charge is 0.120 e. The topological polar surface area (TPSA) is 36.2 Å². The van der Waals surface area contributed by atoms with Crippen LogP contribution in [0.3, 0.4) is 0 Å². The van der Waals surface area contributed by atoms with E-state index in [0.717, 1.165) is 0 Å². The molecule has 0 aromatic rings. The first kappa shape index (κ1) is 9.08. The molecule has 0 saturated heterocycles. The largest absolute Gasteiger partial charge is 0.287 e. The van der Waals surface area contributed by atoms with E-state index in [2.05, 4.69) is 4.99 Å². The van der Waals surface area contributed by atoms with Crippen LogP contribution in [-0.2, 0) is 0 Å². The van der Waals surface area contributed by atoms with Gasteiger partial charge in [-0.3, -0.25) is 5.41 Å². The second-order valence-corrected chi connectivity index (χ2v) is 2.32. The molecule has 0 rings (SSSR count). The Morgan fingerprint density at radius 3 is 2.50 bits per heavy atom. The van der Waals surface area contributed by atoms with Gasteiger partial charge in [-0.15, -0.1) is 0 Å². The molecule has 0 radical (unpaired) electrons. The van der Waals surface area contributed by atoms with Crippen molar-refractivity contribution in [2.45, 2.75) is 27.2 Å². The van der Waals surface area contributed by atoms with Gasteiger partial charge in [-0.25, -0.2) is 4.99 Å². The lowest BCUT2D eigenvalue weighted by Crippen LogP contribution is -1.86. The molecule has 0 saturated carbocycles. The summed E-state index contributed by atoms with van der Waals surface area (Å²) in [7, 11) is 0. The molecule has 0 aromatic carbocycles. The van der Waals surface area contributed by atoms with Gasteiger partial charge < -0.3 is 0 Å². The molecule has 1 N–H and O–H groups in total. The van der Waals surface area contributed by atoms with Crippen LogP contribution < -0.4 is 0 Å². The Labute approximate surface area is 62.2 Å². The zero-order valence-electron chi connectivity index (χ0n) is 6.81. The van der Waals surface area contributed by atoms with Crippen molar-refractivity contribution in [2.24, 2.45) is 4.99 Å². The summed E-state index contributed by atoms with van der Waals surface area (Å²) < 4.78 is 0. The monoisotopic (exact) mass is 138 g/mol. The molecule has 0 aliphatic heterocycles. The van der Waals surface area contributed by atoms with Gasteiger partial charge in [0.15, 0.2) is 0 Å². The molecular formula is C8H14N2. The van der Waals surface area contributed by atoms with Crippen LogP contribution in [0.25, 0.3) is 0 Å². The van der Waals surface area contributed by atoms with Gasteiger partial charge in [-0.2, -0.15) is 0 Å². The van der Waals surface area contributed by atoms with Crippen LogP contribution in [0.15, 0.2) is 16.6 Å². The van der Waals surface area contributed by atoms with E-state index < -0.39 is 0 Å². The molecule has 0 fully saturated rings. The van der Waals surface area contributed by atoms with Crippen LogP contribution in [-0.4, -0.2) is 12.1 Å². The fraction of sp³-hybridized carbons (Fsp3) is 0.500. The molecule has 56 valence electrons. The number of hydrogen-bond donors (Lipinski definition) is 1. The maximum atomic E-state index is 7.15. The molecule has 0 spiro atoms. The molecule has 0 atom stereocenters. The highest BCUT2D eigenvalue weighted by atomic mass is 14.8. The average molecular weight is 138 g/mol. The summed E-state index contributed by atoms with van der Waals surface area (Å²) in [4.78, 5) is 3.86. The van der Waals surface area contributed by atoms with E-state index in [4.69, 9.17) is 5.41 Å². The zero-order chi connectivity index (χ0) is 7.98. The third-order valence-corrected chi connectivity index (χ3v) is 0.973. The van der Waals surface area contributed by atoms with Gasteiger partial charge in [0, 0.05) is 12.6 Å². The molecule has 0 aliphatic carbocycles. The van der Waals surface area contributed by atoms with E-state index in [9.17, 15) is 0 Å². The predicted octanol–water partition coefficient (Wildman–Crippen LogP) is 2.41. The van der Waals surface area contributed by atoms with Crippen molar-refractivity contribution in [1.82, 2.24) is 0 Å². The molecular weight excluding hydrogens is 124 g/mol. The van der Waals surface area contributed by atoms with Crippen LogP contribution in [0, 0.1) is 5.41 Å². The van der Waals surface area contributed by atoms with Gasteiger partial charge in [0.1, 0.15) is 5.84 Å². The van der Waals surface area contributed by atoms with Crippen molar-refractivity contribution in [3.8, 4) is 0 Å². The highest BCUT2D eigenvalue weighted by molar-refractivity contribution is 5.90. The van der Waals surface area contributed by atoms with E-state index in [-0.39, 0.29) is 0 Å². The lowest BCUT2D eigenvalue weighted by atomic mass is 10.3. The maximum absolute atomic E-state index is 7.15. The highest BCUT2D eigenvalue weighted by Crippen LogP contribution is 1.86. The molecule has 0 aromatic heterocycles. The van der Waals surface area contributed by atoms with Gasteiger partial charge >= 0.3 is 0 Å². The second-order valence-electron chi connectivity index (χ2n) is 2.32. The third-order valence-electron chi connectivity index (χ3n) is 0.973. The number of amidine groups is 1. The normalized spacial score (nSPS) is 9.90. The Kier molecular flexibility index (Phi) is 4.46. The molecule has 10 heavy (non-hydrogen) atoms. The van der Waals surface area contributed by atoms with Gasteiger partial charge in [0.2, 0.25) is 0 Å². The number of aliphatic imine (C=N–C) groups is 1.